The molecule has 0 spiro atoms. The molecule has 4 aliphatic rings. The van der Waals surface area contributed by atoms with E-state index in [9.17, 15) is 18.0 Å². The minimum absolute atomic E-state index is 0.0381. The van der Waals surface area contributed by atoms with Crippen LogP contribution >= 0.6 is 0 Å². The van der Waals surface area contributed by atoms with E-state index in [-0.39, 0.29) is 36.4 Å². The predicted molar refractivity (Wildman–Crippen MR) is 69.7 cm³/mol. The zero-order chi connectivity index (χ0) is 15.2. The van der Waals surface area contributed by atoms with E-state index in [1.807, 2.05) is 0 Å². The molecule has 21 heavy (non-hydrogen) atoms. The van der Waals surface area contributed by atoms with Crippen LogP contribution in [-0.4, -0.2) is 43.4 Å². The van der Waals surface area contributed by atoms with Gasteiger partial charge < -0.3 is 9.47 Å². The lowest BCUT2D eigenvalue weighted by molar-refractivity contribution is -0.155. The second-order valence-corrected chi connectivity index (χ2v) is 7.77. The molecule has 8 heteroatoms. The lowest BCUT2D eigenvalue weighted by Gasteiger charge is -2.41. The van der Waals surface area contributed by atoms with Crippen molar-refractivity contribution in [3.63, 3.8) is 0 Å². The Bertz CT molecular complexity index is 555. The molecule has 0 amide bonds. The summed E-state index contributed by atoms with van der Waals surface area (Å²) in [6, 6.07) is 0. The van der Waals surface area contributed by atoms with Crippen LogP contribution in [0.1, 0.15) is 25.7 Å². The van der Waals surface area contributed by atoms with E-state index in [1.165, 1.54) is 0 Å². The van der Waals surface area contributed by atoms with E-state index in [0.29, 0.717) is 5.92 Å². The van der Waals surface area contributed by atoms with E-state index in [1.54, 1.807) is 0 Å². The molecular formula is C13H18O7S. The minimum Gasteiger partial charge on any atom is -0.464 e. The molecule has 0 aromatic rings. The first-order valence-electron chi connectivity index (χ1n) is 7.13. The molecule has 2 aliphatic carbocycles. The smallest absolute Gasteiger partial charge is 0.323 e. The summed E-state index contributed by atoms with van der Waals surface area (Å²) in [5.41, 5.74) is 0. The van der Waals surface area contributed by atoms with Crippen molar-refractivity contribution in [2.45, 2.75) is 31.8 Å². The highest BCUT2D eigenvalue weighted by molar-refractivity contribution is 7.86. The highest BCUT2D eigenvalue weighted by Crippen LogP contribution is 2.49. The number of ether oxygens (including phenoxy) is 2. The van der Waals surface area contributed by atoms with Crippen molar-refractivity contribution in [1.29, 1.82) is 0 Å². The zero-order valence-electron chi connectivity index (χ0n) is 11.4. The molecule has 2 aliphatic heterocycles. The van der Waals surface area contributed by atoms with Gasteiger partial charge in [0.1, 0.15) is 6.10 Å². The number of hydrogen-bond acceptors (Lipinski definition) is 6. The van der Waals surface area contributed by atoms with Crippen LogP contribution < -0.4 is 0 Å². The van der Waals surface area contributed by atoms with Gasteiger partial charge in [0.2, 0.25) is 0 Å². The summed E-state index contributed by atoms with van der Waals surface area (Å²) in [4.78, 5) is 23.3. The second-order valence-electron chi connectivity index (χ2n) is 6.31. The molecule has 1 N–H and O–H groups in total. The Kier molecular flexibility index (Phi) is 3.69. The van der Waals surface area contributed by atoms with Crippen LogP contribution in [0, 0.1) is 23.7 Å². The predicted octanol–water partition coefficient (Wildman–Crippen LogP) is 0.395. The quantitative estimate of drug-likeness (QED) is 0.590. The number of carbonyl (C=O) groups is 2. The van der Waals surface area contributed by atoms with Crippen molar-refractivity contribution < 1.29 is 32.0 Å². The zero-order valence-corrected chi connectivity index (χ0v) is 12.3. The molecule has 0 radical (unpaired) electrons. The standard InChI is InChI=1S/C13H18O7S/c14-12(6-21(16,17)18)19-5-10-8-1-7-2-9(4-8)13(15)20-11(10)3-7/h7-11H,1-6H2,(H,16,17,18). The normalized spacial score (nSPS) is 38.0. The van der Waals surface area contributed by atoms with Gasteiger partial charge in [-0.2, -0.15) is 8.42 Å². The topological polar surface area (TPSA) is 107 Å². The van der Waals surface area contributed by atoms with Gasteiger partial charge in [-0.05, 0) is 37.5 Å². The van der Waals surface area contributed by atoms with Gasteiger partial charge in [0, 0.05) is 5.92 Å². The summed E-state index contributed by atoms with van der Waals surface area (Å²) < 4.78 is 40.3. The largest absolute Gasteiger partial charge is 0.464 e. The summed E-state index contributed by atoms with van der Waals surface area (Å²) in [5.74, 6) is -1.51. The Morgan fingerprint density at radius 2 is 2.05 bits per heavy atom. The Labute approximate surface area is 122 Å². The van der Waals surface area contributed by atoms with E-state index in [2.05, 4.69) is 0 Å². The molecule has 4 bridgehead atoms. The lowest BCUT2D eigenvalue weighted by Crippen LogP contribution is -2.41. The molecular weight excluding hydrogens is 300 g/mol. The molecule has 118 valence electrons. The molecule has 5 unspecified atom stereocenters. The number of carbonyl (C=O) groups excluding carboxylic acids is 2. The third-order valence-corrected chi connectivity index (χ3v) is 5.43. The second kappa shape index (κ2) is 5.24. The molecule has 2 saturated carbocycles. The van der Waals surface area contributed by atoms with Gasteiger partial charge >= 0.3 is 11.9 Å². The van der Waals surface area contributed by atoms with Crippen molar-refractivity contribution in [2.75, 3.05) is 12.4 Å². The summed E-state index contributed by atoms with van der Waals surface area (Å²) in [6.07, 6.45) is 3.20. The maximum Gasteiger partial charge on any atom is 0.323 e. The van der Waals surface area contributed by atoms with Crippen LogP contribution in [0.5, 0.6) is 0 Å². The van der Waals surface area contributed by atoms with E-state index < -0.39 is 21.8 Å². The first kappa shape index (κ1) is 14.8. The summed E-state index contributed by atoms with van der Waals surface area (Å²) in [5, 5.41) is 0. The third-order valence-electron chi connectivity index (χ3n) is 4.83. The van der Waals surface area contributed by atoms with E-state index in [4.69, 9.17) is 14.0 Å². The van der Waals surface area contributed by atoms with Crippen molar-refractivity contribution in [3.8, 4) is 0 Å². The average Bonchev–Trinajstić information content (AvgIpc) is 2.50. The number of hydrogen-bond donors (Lipinski definition) is 1. The third kappa shape index (κ3) is 3.21. The van der Waals surface area contributed by atoms with Crippen LogP contribution in [0.25, 0.3) is 0 Å². The van der Waals surface area contributed by atoms with Crippen molar-refractivity contribution in [1.82, 2.24) is 0 Å². The van der Waals surface area contributed by atoms with Crippen molar-refractivity contribution >= 4 is 22.1 Å². The van der Waals surface area contributed by atoms with Crippen molar-refractivity contribution in [3.05, 3.63) is 0 Å². The van der Waals surface area contributed by atoms with Gasteiger partial charge in [0.25, 0.3) is 10.1 Å². The van der Waals surface area contributed by atoms with Gasteiger partial charge in [-0.3, -0.25) is 14.1 Å². The summed E-state index contributed by atoms with van der Waals surface area (Å²) >= 11 is 0. The monoisotopic (exact) mass is 318 g/mol. The minimum atomic E-state index is -4.37. The fraction of sp³-hybridized carbons (Fsp3) is 0.846. The Morgan fingerprint density at radius 3 is 2.76 bits per heavy atom. The number of rotatable bonds is 4. The van der Waals surface area contributed by atoms with Gasteiger partial charge in [0.15, 0.2) is 5.75 Å². The SMILES string of the molecule is O=C(CS(=O)(=O)O)OCC1C2CC3CC(C2)C(=O)OC1C3. The van der Waals surface area contributed by atoms with Gasteiger partial charge in [-0.15, -0.1) is 0 Å². The Balaban J connectivity index is 1.64. The molecule has 7 nitrogen and oxygen atoms in total. The first-order valence-corrected chi connectivity index (χ1v) is 8.74. The Hall–Kier alpha value is -1.15. The van der Waals surface area contributed by atoms with Gasteiger partial charge in [-0.1, -0.05) is 0 Å². The maximum absolute atomic E-state index is 11.9. The van der Waals surface area contributed by atoms with Crippen LogP contribution in [0.4, 0.5) is 0 Å². The van der Waals surface area contributed by atoms with Crippen molar-refractivity contribution in [2.24, 2.45) is 23.7 Å². The molecule has 4 fully saturated rings. The van der Waals surface area contributed by atoms with Crippen LogP contribution in [0.3, 0.4) is 0 Å². The molecule has 2 saturated heterocycles. The first-order chi connectivity index (χ1) is 9.82. The van der Waals surface area contributed by atoms with Gasteiger partial charge in [0.05, 0.1) is 12.5 Å². The van der Waals surface area contributed by atoms with E-state index in [0.717, 1.165) is 25.7 Å². The maximum atomic E-state index is 11.9. The van der Waals surface area contributed by atoms with Crippen LogP contribution in [0.2, 0.25) is 0 Å². The van der Waals surface area contributed by atoms with E-state index >= 15 is 0 Å². The van der Waals surface area contributed by atoms with Crippen LogP contribution in [0.15, 0.2) is 0 Å². The van der Waals surface area contributed by atoms with Crippen LogP contribution in [-0.2, 0) is 29.2 Å². The lowest BCUT2D eigenvalue weighted by atomic mass is 9.64. The fourth-order valence-corrected chi connectivity index (χ4v) is 4.41. The average molecular weight is 318 g/mol. The highest BCUT2D eigenvalue weighted by Gasteiger charge is 2.50. The molecule has 0 aromatic heterocycles. The number of esters is 2. The molecule has 4 rings (SSSR count). The summed E-state index contributed by atoms with van der Waals surface area (Å²) in [6.45, 7) is 0.0381. The number of fused-ring (bicyclic) bond motifs is 1. The Morgan fingerprint density at radius 1 is 1.29 bits per heavy atom. The summed E-state index contributed by atoms with van der Waals surface area (Å²) in [7, 11) is -4.37. The fourth-order valence-electron chi connectivity index (χ4n) is 4.03. The highest BCUT2D eigenvalue weighted by atomic mass is 32.2. The molecule has 5 atom stereocenters. The molecule has 2 heterocycles. The molecule has 0 aromatic carbocycles. The van der Waals surface area contributed by atoms with Gasteiger partial charge in [-0.25, -0.2) is 0 Å².